The number of benzene rings is 1. The van der Waals surface area contributed by atoms with Gasteiger partial charge in [-0.15, -0.1) is 0 Å². The smallest absolute Gasteiger partial charge is 0.258 e. The van der Waals surface area contributed by atoms with Gasteiger partial charge in [-0.1, -0.05) is 32.0 Å². The van der Waals surface area contributed by atoms with E-state index in [0.717, 1.165) is 56.0 Å². The molecule has 146 valence electrons. The Labute approximate surface area is 163 Å². The van der Waals surface area contributed by atoms with Crippen LogP contribution in [0.1, 0.15) is 56.3 Å². The van der Waals surface area contributed by atoms with Gasteiger partial charge in [0.25, 0.3) is 5.91 Å². The van der Waals surface area contributed by atoms with Crippen LogP contribution in [0.25, 0.3) is 0 Å². The topological polar surface area (TPSA) is 32.8 Å². The summed E-state index contributed by atoms with van der Waals surface area (Å²) in [5.74, 6) is 2.35. The van der Waals surface area contributed by atoms with Crippen molar-refractivity contribution in [1.29, 1.82) is 0 Å². The summed E-state index contributed by atoms with van der Waals surface area (Å²) in [5, 5.41) is 0. The van der Waals surface area contributed by atoms with Gasteiger partial charge in [-0.05, 0) is 69.8 Å². The summed E-state index contributed by atoms with van der Waals surface area (Å²) in [6.45, 7) is 8.75. The van der Waals surface area contributed by atoms with Crippen LogP contribution in [0.4, 0.5) is 0 Å². The molecule has 1 aromatic rings. The minimum atomic E-state index is -0.108. The Kier molecular flexibility index (Phi) is 5.27. The minimum Gasteiger partial charge on any atom is -0.488 e. The molecule has 4 rings (SSSR count). The quantitative estimate of drug-likeness (QED) is 0.777. The predicted molar refractivity (Wildman–Crippen MR) is 107 cm³/mol. The SMILES string of the molecule is CC(C)CCN1CCC(C2=CN(C(=O)c3ccccc3)CC3(CC3)O2)CC1. The maximum atomic E-state index is 13.0. The fourth-order valence-corrected chi connectivity index (χ4v) is 4.17. The van der Waals surface area contributed by atoms with E-state index in [4.69, 9.17) is 4.74 Å². The van der Waals surface area contributed by atoms with E-state index in [-0.39, 0.29) is 11.5 Å². The lowest BCUT2D eigenvalue weighted by molar-refractivity contribution is 0.0117. The number of rotatable bonds is 5. The molecule has 0 N–H and O–H groups in total. The van der Waals surface area contributed by atoms with Crippen LogP contribution in [0.15, 0.2) is 42.3 Å². The van der Waals surface area contributed by atoms with Crippen molar-refractivity contribution in [1.82, 2.24) is 9.80 Å². The molecule has 4 heteroatoms. The fraction of sp³-hybridized carbons (Fsp3) is 0.609. The molecule has 4 nitrogen and oxygen atoms in total. The molecule has 2 fully saturated rings. The minimum absolute atomic E-state index is 0.0945. The Morgan fingerprint density at radius 1 is 1.19 bits per heavy atom. The van der Waals surface area contributed by atoms with Gasteiger partial charge in [0.05, 0.1) is 6.54 Å². The average molecular weight is 369 g/mol. The zero-order valence-electron chi connectivity index (χ0n) is 16.7. The summed E-state index contributed by atoms with van der Waals surface area (Å²) < 4.78 is 6.42. The predicted octanol–water partition coefficient (Wildman–Crippen LogP) is 4.29. The number of nitrogens with zero attached hydrogens (tertiary/aromatic N) is 2. The molecule has 0 atom stereocenters. The summed E-state index contributed by atoms with van der Waals surface area (Å²) in [7, 11) is 0. The lowest BCUT2D eigenvalue weighted by Gasteiger charge is -2.38. The molecule has 1 saturated carbocycles. The number of allylic oxidation sites excluding steroid dienone is 1. The Balaban J connectivity index is 1.43. The van der Waals surface area contributed by atoms with Gasteiger partial charge in [0.15, 0.2) is 0 Å². The third-order valence-corrected chi connectivity index (χ3v) is 6.18. The van der Waals surface area contributed by atoms with Crippen molar-refractivity contribution in [3.05, 3.63) is 47.9 Å². The van der Waals surface area contributed by atoms with E-state index in [0.29, 0.717) is 12.5 Å². The Hall–Kier alpha value is -1.81. The van der Waals surface area contributed by atoms with Crippen molar-refractivity contribution >= 4 is 5.91 Å². The van der Waals surface area contributed by atoms with Crippen LogP contribution in [-0.2, 0) is 4.74 Å². The van der Waals surface area contributed by atoms with Crippen molar-refractivity contribution < 1.29 is 9.53 Å². The zero-order valence-corrected chi connectivity index (χ0v) is 16.7. The van der Waals surface area contributed by atoms with Crippen LogP contribution in [-0.4, -0.2) is 47.5 Å². The maximum Gasteiger partial charge on any atom is 0.258 e. The number of carbonyl (C=O) groups excluding carboxylic acids is 1. The molecule has 1 saturated heterocycles. The number of piperidine rings is 1. The van der Waals surface area contributed by atoms with Gasteiger partial charge in [-0.2, -0.15) is 0 Å². The first-order valence-corrected chi connectivity index (χ1v) is 10.5. The second-order valence-electron chi connectivity index (χ2n) is 8.91. The highest BCUT2D eigenvalue weighted by Crippen LogP contribution is 2.46. The highest BCUT2D eigenvalue weighted by Gasteiger charge is 2.51. The van der Waals surface area contributed by atoms with Gasteiger partial charge in [-0.25, -0.2) is 0 Å². The van der Waals surface area contributed by atoms with Crippen molar-refractivity contribution in [2.75, 3.05) is 26.2 Å². The first kappa shape index (κ1) is 18.5. The molecular weight excluding hydrogens is 336 g/mol. The number of amides is 1. The molecule has 1 aromatic carbocycles. The normalized spacial score (nSPS) is 22.6. The van der Waals surface area contributed by atoms with E-state index in [2.05, 4.69) is 18.7 Å². The molecule has 0 aromatic heterocycles. The maximum absolute atomic E-state index is 13.0. The van der Waals surface area contributed by atoms with E-state index in [9.17, 15) is 4.79 Å². The molecule has 0 radical (unpaired) electrons. The van der Waals surface area contributed by atoms with Gasteiger partial charge in [0, 0.05) is 17.7 Å². The van der Waals surface area contributed by atoms with Crippen LogP contribution in [0, 0.1) is 11.8 Å². The third kappa shape index (κ3) is 4.37. The van der Waals surface area contributed by atoms with Gasteiger partial charge in [0.1, 0.15) is 11.4 Å². The molecule has 1 spiro atoms. The van der Waals surface area contributed by atoms with E-state index >= 15 is 0 Å². The third-order valence-electron chi connectivity index (χ3n) is 6.18. The average Bonchev–Trinajstić information content (AvgIpc) is 3.44. The van der Waals surface area contributed by atoms with Crippen LogP contribution in [0.2, 0.25) is 0 Å². The number of likely N-dealkylation sites (tertiary alicyclic amines) is 1. The first-order chi connectivity index (χ1) is 13.0. The molecule has 3 aliphatic rings. The second kappa shape index (κ2) is 7.67. The molecule has 2 aliphatic heterocycles. The summed E-state index contributed by atoms with van der Waals surface area (Å²) in [5.41, 5.74) is 0.651. The lowest BCUT2D eigenvalue weighted by atomic mass is 9.93. The van der Waals surface area contributed by atoms with Crippen molar-refractivity contribution in [2.45, 2.75) is 51.6 Å². The van der Waals surface area contributed by atoms with Crippen molar-refractivity contribution in [3.63, 3.8) is 0 Å². The number of ether oxygens (including phenoxy) is 1. The summed E-state index contributed by atoms with van der Waals surface area (Å²) in [6, 6.07) is 9.61. The summed E-state index contributed by atoms with van der Waals surface area (Å²) in [4.78, 5) is 17.5. The monoisotopic (exact) mass is 368 g/mol. The number of hydrogen-bond acceptors (Lipinski definition) is 3. The van der Waals surface area contributed by atoms with Crippen LogP contribution in [0.5, 0.6) is 0 Å². The van der Waals surface area contributed by atoms with Gasteiger partial charge >= 0.3 is 0 Å². The van der Waals surface area contributed by atoms with Crippen molar-refractivity contribution in [2.24, 2.45) is 11.8 Å². The van der Waals surface area contributed by atoms with Crippen LogP contribution >= 0.6 is 0 Å². The fourth-order valence-electron chi connectivity index (χ4n) is 4.17. The van der Waals surface area contributed by atoms with E-state index < -0.39 is 0 Å². The largest absolute Gasteiger partial charge is 0.488 e. The molecule has 1 aliphatic carbocycles. The van der Waals surface area contributed by atoms with Crippen LogP contribution in [0.3, 0.4) is 0 Å². The summed E-state index contributed by atoms with van der Waals surface area (Å²) >= 11 is 0. The number of hydrogen-bond donors (Lipinski definition) is 0. The molecule has 27 heavy (non-hydrogen) atoms. The molecule has 0 bridgehead atoms. The second-order valence-corrected chi connectivity index (χ2v) is 8.91. The van der Waals surface area contributed by atoms with E-state index in [1.54, 1.807) is 0 Å². The standard InChI is InChI=1S/C23H32N2O2/c1-18(2)8-13-24-14-9-19(10-15-24)21-16-25(17-23(27-21)11-12-23)22(26)20-6-4-3-5-7-20/h3-7,16,18-19H,8-15,17H2,1-2H3. The molecular formula is C23H32N2O2. The Bertz CT molecular complexity index is 686. The Morgan fingerprint density at radius 3 is 2.52 bits per heavy atom. The van der Waals surface area contributed by atoms with Gasteiger partial charge in [0.2, 0.25) is 0 Å². The molecule has 0 unspecified atom stereocenters. The number of carbonyl (C=O) groups is 1. The highest BCUT2D eigenvalue weighted by molar-refractivity contribution is 5.95. The van der Waals surface area contributed by atoms with Gasteiger partial charge in [-0.3, -0.25) is 4.79 Å². The van der Waals surface area contributed by atoms with Crippen LogP contribution < -0.4 is 0 Å². The summed E-state index contributed by atoms with van der Waals surface area (Å²) in [6.07, 6.45) is 7.67. The van der Waals surface area contributed by atoms with Gasteiger partial charge < -0.3 is 14.5 Å². The first-order valence-electron chi connectivity index (χ1n) is 10.5. The molecule has 2 heterocycles. The highest BCUT2D eigenvalue weighted by atomic mass is 16.5. The van der Waals surface area contributed by atoms with Crippen molar-refractivity contribution in [3.8, 4) is 0 Å². The van der Waals surface area contributed by atoms with E-state index in [1.165, 1.54) is 13.0 Å². The molecule has 1 amide bonds. The zero-order chi connectivity index (χ0) is 18.9. The Morgan fingerprint density at radius 2 is 1.89 bits per heavy atom. The van der Waals surface area contributed by atoms with E-state index in [1.807, 2.05) is 41.4 Å². The lowest BCUT2D eigenvalue weighted by Crippen LogP contribution is -2.43.